The number of likely N-dealkylation sites (N-methyl/N-ethyl adjacent to an activating group) is 1. The van der Waals surface area contributed by atoms with E-state index in [0.717, 1.165) is 44.5 Å². The Morgan fingerprint density at radius 3 is 2.57 bits per heavy atom. The van der Waals surface area contributed by atoms with Crippen molar-refractivity contribution < 1.29 is 14.3 Å². The number of pyridine rings is 1. The zero-order valence-electron chi connectivity index (χ0n) is 25.4. The van der Waals surface area contributed by atoms with Gasteiger partial charge in [-0.05, 0) is 90.5 Å². The van der Waals surface area contributed by atoms with Gasteiger partial charge in [0.25, 0.3) is 5.91 Å². The van der Waals surface area contributed by atoms with E-state index in [9.17, 15) is 9.90 Å². The summed E-state index contributed by atoms with van der Waals surface area (Å²) in [4.78, 5) is 27.2. The second-order valence-corrected chi connectivity index (χ2v) is 12.3. The lowest BCUT2D eigenvalue weighted by Crippen LogP contribution is -2.37. The van der Waals surface area contributed by atoms with Crippen LogP contribution in [0.4, 0.5) is 10.3 Å². The van der Waals surface area contributed by atoms with Gasteiger partial charge >= 0.3 is 0 Å². The third kappa shape index (κ3) is 6.69. The summed E-state index contributed by atoms with van der Waals surface area (Å²) in [5, 5.41) is 17.7. The van der Waals surface area contributed by atoms with Crippen LogP contribution in [0.25, 0.3) is 22.3 Å². The number of anilines is 1. The van der Waals surface area contributed by atoms with Crippen LogP contribution in [0.3, 0.4) is 0 Å². The molecule has 1 aliphatic rings. The summed E-state index contributed by atoms with van der Waals surface area (Å²) < 4.78 is 19.0. The number of fused-ring (bicyclic) bond motifs is 1. The number of aromatic nitrogens is 5. The van der Waals surface area contributed by atoms with E-state index in [0.29, 0.717) is 22.7 Å². The molecule has 0 aliphatic carbocycles. The Bertz CT molecular complexity index is 1580. The number of hydrogen-bond donors (Lipinski definition) is 2. The van der Waals surface area contributed by atoms with Crippen molar-refractivity contribution in [3.8, 4) is 11.3 Å². The maximum atomic E-state index is 15.6. The number of hydrogen-bond acceptors (Lipinski definition) is 7. The van der Waals surface area contributed by atoms with Gasteiger partial charge in [0.15, 0.2) is 5.82 Å². The van der Waals surface area contributed by atoms with Crippen molar-refractivity contribution in [2.75, 3.05) is 45.6 Å². The van der Waals surface area contributed by atoms with E-state index in [2.05, 4.69) is 51.4 Å². The van der Waals surface area contributed by atoms with Crippen molar-refractivity contribution in [2.24, 2.45) is 7.05 Å². The predicted molar refractivity (Wildman–Crippen MR) is 162 cm³/mol. The van der Waals surface area contributed by atoms with E-state index >= 15 is 4.39 Å². The largest absolute Gasteiger partial charge is 0.389 e. The van der Waals surface area contributed by atoms with Crippen molar-refractivity contribution in [1.29, 1.82) is 0 Å². The monoisotopic (exact) mass is 576 g/mol. The molecule has 2 N–H and O–H groups in total. The normalized spacial score (nSPS) is 15.2. The van der Waals surface area contributed by atoms with Gasteiger partial charge in [0.1, 0.15) is 5.69 Å². The number of aryl methyl sites for hydroxylation is 2. The van der Waals surface area contributed by atoms with Gasteiger partial charge in [0.05, 0.1) is 34.9 Å². The Morgan fingerprint density at radius 1 is 1.19 bits per heavy atom. The minimum atomic E-state index is -1.08. The number of amides is 1. The number of carbonyl (C=O) groups is 1. The summed E-state index contributed by atoms with van der Waals surface area (Å²) in [5.74, 6) is -0.686. The summed E-state index contributed by atoms with van der Waals surface area (Å²) in [6, 6.07) is 7.64. The van der Waals surface area contributed by atoms with Gasteiger partial charge in [-0.15, -0.1) is 0 Å². The van der Waals surface area contributed by atoms with Crippen LogP contribution in [0.2, 0.25) is 0 Å². The van der Waals surface area contributed by atoms with Gasteiger partial charge in [-0.1, -0.05) is 6.07 Å². The third-order valence-corrected chi connectivity index (χ3v) is 7.77. The van der Waals surface area contributed by atoms with Crippen LogP contribution in [0.1, 0.15) is 54.2 Å². The molecule has 0 atom stereocenters. The molecule has 11 heteroatoms. The highest BCUT2D eigenvalue weighted by Crippen LogP contribution is 2.32. The molecule has 4 aromatic rings. The van der Waals surface area contributed by atoms with E-state index in [4.69, 9.17) is 4.98 Å². The number of benzene rings is 1. The van der Waals surface area contributed by atoms with Crippen molar-refractivity contribution in [1.82, 2.24) is 34.1 Å². The maximum Gasteiger partial charge on any atom is 0.261 e. The molecule has 224 valence electrons. The molecule has 0 bridgehead atoms. The smallest absolute Gasteiger partial charge is 0.261 e. The second kappa shape index (κ2) is 11.9. The molecule has 0 radical (unpaired) electrons. The molecular formula is C31H41FN8O2. The first-order valence-corrected chi connectivity index (χ1v) is 14.4. The minimum absolute atomic E-state index is 0.0654. The zero-order chi connectivity index (χ0) is 30.2. The number of nitrogens with zero attached hydrogens (tertiary/aromatic N) is 7. The molecule has 0 spiro atoms. The van der Waals surface area contributed by atoms with Crippen LogP contribution >= 0.6 is 0 Å². The standard InChI is InChI=1S/C31H41FN8O2/c1-20-15-24(27(32)28(34-20)23-17-33-38(6)18-23)29(41)36-30-35-25-8-7-22(16-26(25)40(30)19-31(2,3)42)21-9-11-39(12-10-21)14-13-37(4)5/h7-8,15-18,21,42H,9-14,19H2,1-6H3,(H,35,36,41). The fourth-order valence-corrected chi connectivity index (χ4v) is 5.59. The minimum Gasteiger partial charge on any atom is -0.389 e. The summed E-state index contributed by atoms with van der Waals surface area (Å²) >= 11 is 0. The highest BCUT2D eigenvalue weighted by atomic mass is 19.1. The molecule has 0 saturated carbocycles. The molecule has 4 heterocycles. The van der Waals surface area contributed by atoms with Crippen LogP contribution in [0, 0.1) is 12.7 Å². The average Bonchev–Trinajstić information content (AvgIpc) is 3.50. The number of imidazole rings is 1. The topological polar surface area (TPSA) is 104 Å². The van der Waals surface area contributed by atoms with Gasteiger partial charge < -0.3 is 19.5 Å². The van der Waals surface area contributed by atoms with Crippen LogP contribution in [0.5, 0.6) is 0 Å². The molecule has 3 aromatic heterocycles. The van der Waals surface area contributed by atoms with Gasteiger partial charge in [-0.2, -0.15) is 5.10 Å². The van der Waals surface area contributed by atoms with E-state index in [1.807, 2.05) is 10.6 Å². The van der Waals surface area contributed by atoms with Crippen LogP contribution in [-0.4, -0.2) is 91.0 Å². The van der Waals surface area contributed by atoms with E-state index < -0.39 is 17.3 Å². The number of rotatable bonds is 9. The average molecular weight is 577 g/mol. The quantitative estimate of drug-likeness (QED) is 0.310. The number of aliphatic hydroxyl groups is 1. The van der Waals surface area contributed by atoms with Crippen molar-refractivity contribution in [3.63, 3.8) is 0 Å². The Kier molecular flexibility index (Phi) is 8.45. The SMILES string of the molecule is Cc1cc(C(=O)Nc2nc3ccc(C4CCN(CCN(C)C)CC4)cc3n2CC(C)(C)O)c(F)c(-c2cnn(C)c2)n1. The first kappa shape index (κ1) is 29.8. The zero-order valence-corrected chi connectivity index (χ0v) is 25.4. The second-order valence-electron chi connectivity index (χ2n) is 12.3. The lowest BCUT2D eigenvalue weighted by Gasteiger charge is -2.32. The fourth-order valence-electron chi connectivity index (χ4n) is 5.59. The molecule has 1 aliphatic heterocycles. The van der Waals surface area contributed by atoms with Gasteiger partial charge in [-0.3, -0.25) is 14.8 Å². The summed E-state index contributed by atoms with van der Waals surface area (Å²) in [7, 11) is 5.94. The Hall–Kier alpha value is -3.67. The molecule has 1 saturated heterocycles. The third-order valence-electron chi connectivity index (χ3n) is 7.77. The van der Waals surface area contributed by atoms with E-state index in [-0.39, 0.29) is 23.8 Å². The van der Waals surface area contributed by atoms with Crippen LogP contribution in [0.15, 0.2) is 36.7 Å². The van der Waals surface area contributed by atoms with Crippen LogP contribution < -0.4 is 5.32 Å². The Balaban J connectivity index is 1.43. The molecular weight excluding hydrogens is 535 g/mol. The van der Waals surface area contributed by atoms with Crippen molar-refractivity contribution in [2.45, 2.75) is 51.7 Å². The molecule has 1 fully saturated rings. The Morgan fingerprint density at radius 2 is 1.93 bits per heavy atom. The lowest BCUT2D eigenvalue weighted by molar-refractivity contribution is 0.0630. The molecule has 0 unspecified atom stereocenters. The number of halogens is 1. The number of likely N-dealkylation sites (tertiary alicyclic amines) is 1. The summed E-state index contributed by atoms with van der Waals surface area (Å²) in [6.07, 6.45) is 5.31. The first-order chi connectivity index (χ1) is 19.9. The van der Waals surface area contributed by atoms with E-state index in [1.54, 1.807) is 38.7 Å². The van der Waals surface area contributed by atoms with Gasteiger partial charge in [-0.25, -0.2) is 14.4 Å². The molecule has 1 amide bonds. The Labute approximate surface area is 246 Å². The molecule has 1 aromatic carbocycles. The lowest BCUT2D eigenvalue weighted by atomic mass is 9.89. The highest BCUT2D eigenvalue weighted by molar-refractivity contribution is 6.05. The first-order valence-electron chi connectivity index (χ1n) is 14.4. The maximum absolute atomic E-state index is 15.6. The van der Waals surface area contributed by atoms with Crippen molar-refractivity contribution in [3.05, 3.63) is 59.3 Å². The summed E-state index contributed by atoms with van der Waals surface area (Å²) in [6.45, 7) is 9.57. The van der Waals surface area contributed by atoms with Crippen LogP contribution in [-0.2, 0) is 13.6 Å². The number of carbonyl (C=O) groups excluding carboxylic acids is 1. The van der Waals surface area contributed by atoms with E-state index in [1.165, 1.54) is 17.8 Å². The predicted octanol–water partition coefficient (Wildman–Crippen LogP) is 4.04. The fraction of sp³-hybridized carbons (Fsp3) is 0.484. The highest BCUT2D eigenvalue weighted by Gasteiger charge is 2.26. The number of piperidine rings is 1. The molecule has 5 rings (SSSR count). The van der Waals surface area contributed by atoms with Crippen molar-refractivity contribution >= 4 is 22.9 Å². The summed E-state index contributed by atoms with van der Waals surface area (Å²) in [5.41, 5.74) is 2.59. The molecule has 42 heavy (non-hydrogen) atoms. The van der Waals surface area contributed by atoms with Gasteiger partial charge in [0.2, 0.25) is 5.95 Å². The van der Waals surface area contributed by atoms with Gasteiger partial charge in [0, 0.05) is 37.6 Å². The number of nitrogens with one attached hydrogen (secondary N) is 1. The molecule has 10 nitrogen and oxygen atoms in total.